The number of alkyl halides is 2. The van der Waals surface area contributed by atoms with Gasteiger partial charge in [0, 0.05) is 155 Å². The number of nitrogen functional groups attached to an aromatic ring is 1. The molecule has 129 heavy (non-hydrogen) atoms. The van der Waals surface area contributed by atoms with Gasteiger partial charge >= 0.3 is 0 Å². The first-order valence-electron chi connectivity index (χ1n) is 42.3. The van der Waals surface area contributed by atoms with Gasteiger partial charge in [0.15, 0.2) is 14.7 Å². The lowest BCUT2D eigenvalue weighted by atomic mass is 10.1. The molecular weight excluding hydrogens is 1790 g/mol. The summed E-state index contributed by atoms with van der Waals surface area (Å²) in [7, 11) is -9.54. The Balaban J connectivity index is 0.000000275. The third-order valence-corrected chi connectivity index (χ3v) is 28.6. The fourth-order valence-electron chi connectivity index (χ4n) is 14.8. The van der Waals surface area contributed by atoms with E-state index in [1.54, 1.807) is 39.8 Å². The SMILES string of the molecule is CC(C)[C@H]1CN1S(=O)(=O)c1ccccc1[N+](=O)[O-].CCN(CC)CC.CO.Cc1c[nH]c2ccccc12.Cc1cc(C)c(S(=O)(=O)Cl)c([N+](=O)[O-])c1.Cc1cc(C)c(S(=O)(=O)N[C@H](Cn2cc(C)c3ccccc32)C(C)C)c(N)c1.Cc1cc(C)c(S(=O)(=O)N[C@H](Cn2cc(C)c3ccccc32)C(C)C)c([N+](=O)[O-])c1.Cc1cn(C[C@@H](N)C(C)C)c2ccccc12.ClCCl. The number of nitrogens with zero attached hydrogens (tertiary/aromatic N) is 8. The quantitative estimate of drug-likeness (QED) is 0.00773. The smallest absolute Gasteiger partial charge is 0.289 e. The molecule has 5 atom stereocenters. The number of anilines is 1. The Morgan fingerprint density at radius 1 is 0.473 bits per heavy atom. The van der Waals surface area contributed by atoms with Gasteiger partial charge in [-0.1, -0.05) is 179 Å². The van der Waals surface area contributed by atoms with Gasteiger partial charge in [0.2, 0.25) is 30.1 Å². The van der Waals surface area contributed by atoms with E-state index in [-0.39, 0.29) is 72.8 Å². The minimum Gasteiger partial charge on any atom is -0.400 e. The van der Waals surface area contributed by atoms with Crippen molar-refractivity contribution in [3.8, 4) is 0 Å². The highest BCUT2D eigenvalue weighted by Crippen LogP contribution is 2.38. The molecule has 1 aliphatic rings. The number of aromatic amines is 1. The van der Waals surface area contributed by atoms with E-state index in [0.29, 0.717) is 47.8 Å². The number of H-pyrrole nitrogens is 1. The second kappa shape index (κ2) is 49.6. The zero-order chi connectivity index (χ0) is 97.2. The van der Waals surface area contributed by atoms with Crippen LogP contribution in [0.5, 0.6) is 0 Å². The number of hydrogen-bond acceptors (Lipinski definition) is 18. The molecule has 1 fully saturated rings. The van der Waals surface area contributed by atoms with Crippen molar-refractivity contribution in [3.05, 3.63) is 268 Å². The molecule has 28 nitrogen and oxygen atoms in total. The summed E-state index contributed by atoms with van der Waals surface area (Å²) in [5, 5.41) is 45.2. The van der Waals surface area contributed by atoms with Gasteiger partial charge in [-0.15, -0.1) is 23.2 Å². The number of para-hydroxylation sites is 5. The van der Waals surface area contributed by atoms with Crippen molar-refractivity contribution in [1.29, 1.82) is 0 Å². The first-order chi connectivity index (χ1) is 60.4. The van der Waals surface area contributed by atoms with Gasteiger partial charge in [-0.25, -0.2) is 43.1 Å². The Morgan fingerprint density at radius 3 is 1.18 bits per heavy atom. The number of fused-ring (bicyclic) bond motifs is 4. The van der Waals surface area contributed by atoms with E-state index < -0.39 is 76.2 Å². The molecule has 0 saturated carbocycles. The van der Waals surface area contributed by atoms with Crippen molar-refractivity contribution in [3.63, 3.8) is 0 Å². The molecular formula is C94H128Cl3N13O15S4. The minimum atomic E-state index is -4.10. The fraction of sp³-hybridized carbons (Fsp3) is 0.404. The van der Waals surface area contributed by atoms with E-state index in [9.17, 15) is 64.0 Å². The molecule has 8 aromatic carbocycles. The zero-order valence-corrected chi connectivity index (χ0v) is 83.3. The zero-order valence-electron chi connectivity index (χ0n) is 77.8. The van der Waals surface area contributed by atoms with Crippen molar-refractivity contribution in [2.75, 3.05) is 44.4 Å². The lowest BCUT2D eigenvalue weighted by molar-refractivity contribution is -0.388. The minimum absolute atomic E-state index is 0.0222. The molecule has 13 rings (SSSR count). The van der Waals surface area contributed by atoms with Gasteiger partial charge in [-0.05, 0) is 205 Å². The molecule has 0 bridgehead atoms. The summed E-state index contributed by atoms with van der Waals surface area (Å²) in [6.45, 7) is 47.0. The average Bonchev–Trinajstić information content (AvgIpc) is 1.61. The number of sulfonamides is 3. The van der Waals surface area contributed by atoms with Gasteiger partial charge in [0.1, 0.15) is 4.90 Å². The largest absolute Gasteiger partial charge is 0.400 e. The van der Waals surface area contributed by atoms with Gasteiger partial charge in [-0.2, -0.15) is 4.31 Å². The second-order valence-electron chi connectivity index (χ2n) is 33.0. The van der Waals surface area contributed by atoms with Crippen molar-refractivity contribution in [2.45, 2.75) is 209 Å². The Hall–Kier alpha value is -9.65. The van der Waals surface area contributed by atoms with E-state index in [2.05, 4.69) is 151 Å². The van der Waals surface area contributed by atoms with Crippen LogP contribution in [0.3, 0.4) is 0 Å². The number of nitrogens with two attached hydrogens (primary N) is 2. The molecule has 35 heteroatoms. The van der Waals surface area contributed by atoms with E-state index in [1.165, 1.54) is 117 Å². The summed E-state index contributed by atoms with van der Waals surface area (Å²) in [6, 6.07) is 47.1. The number of aliphatic hydroxyl groups is 1. The van der Waals surface area contributed by atoms with Crippen LogP contribution in [0.15, 0.2) is 202 Å². The van der Waals surface area contributed by atoms with Crippen molar-refractivity contribution >= 4 is 139 Å². The molecule has 4 aromatic heterocycles. The number of hydrogen-bond donors (Lipinski definition) is 6. The highest BCUT2D eigenvalue weighted by Gasteiger charge is 2.48. The van der Waals surface area contributed by atoms with E-state index in [0.717, 1.165) is 41.2 Å². The topological polar surface area (TPSA) is 399 Å². The Labute approximate surface area is 775 Å². The number of nitrogens with one attached hydrogen (secondary N) is 3. The average molecular weight is 1910 g/mol. The van der Waals surface area contributed by atoms with Crippen LogP contribution in [0.2, 0.25) is 0 Å². The predicted octanol–water partition coefficient (Wildman–Crippen LogP) is 20.2. The van der Waals surface area contributed by atoms with Crippen molar-refractivity contribution in [1.82, 2.24) is 37.3 Å². The van der Waals surface area contributed by atoms with Gasteiger partial charge in [0.25, 0.3) is 26.1 Å². The molecule has 0 radical (unpaired) electrons. The molecule has 8 N–H and O–H groups in total. The monoisotopic (exact) mass is 1910 g/mol. The molecule has 1 aliphatic heterocycles. The molecule has 0 spiro atoms. The molecule has 1 saturated heterocycles. The maximum atomic E-state index is 13.2. The molecule has 704 valence electrons. The summed E-state index contributed by atoms with van der Waals surface area (Å²) in [6.07, 6.45) is 8.32. The lowest BCUT2D eigenvalue weighted by Crippen LogP contribution is -2.41. The normalized spacial score (nSPS) is 13.7. The molecule has 1 unspecified atom stereocenters. The van der Waals surface area contributed by atoms with Gasteiger partial charge in [-0.3, -0.25) is 30.3 Å². The van der Waals surface area contributed by atoms with Crippen molar-refractivity contribution < 1.29 is 53.5 Å². The number of rotatable bonds is 25. The summed E-state index contributed by atoms with van der Waals surface area (Å²) in [5.41, 5.74) is 24.3. The predicted molar refractivity (Wildman–Crippen MR) is 526 cm³/mol. The number of halogens is 3. The Morgan fingerprint density at radius 2 is 0.822 bits per heavy atom. The number of benzene rings is 8. The first-order valence-corrected chi connectivity index (χ1v) is 50.0. The van der Waals surface area contributed by atoms with Gasteiger partial charge < -0.3 is 40.2 Å². The van der Waals surface area contributed by atoms with Crippen LogP contribution in [-0.2, 0) is 58.8 Å². The number of nitro groups is 3. The van der Waals surface area contributed by atoms with Gasteiger partial charge in [0.05, 0.1) is 25.8 Å². The number of aromatic nitrogens is 4. The fourth-order valence-corrected chi connectivity index (χ4v) is 21.6. The summed E-state index contributed by atoms with van der Waals surface area (Å²) < 4.78 is 113. The van der Waals surface area contributed by atoms with Crippen molar-refractivity contribution in [2.24, 2.45) is 29.4 Å². The standard InChI is InChI=1S/C22H27N3O4S.C22H29N3O2S.C14H20N2.C11H14N2O4S.C9H9N.C8H8ClNO4S.C6H15N.CH2Cl2.CH4O/c1-14(2)19(13-24-12-17(5)18-8-6-7-9-20(18)24)23-30(28,29)22-16(4)10-15(3)11-21(22)25(26)27;1-14(2)20(13-25-12-17(5)18-8-6-7-9-21(18)25)24-28(26,27)22-16(4)10-15(3)11-19(22)23;1-10(2)13(15)9-16-8-11(3)12-6-4-5-7-14(12)16;1-8(2)10-7-12(10)18(16,17)11-6-4-3-5-9(11)13(14)15;1-7-6-10-9-5-3-2-4-8(7)9;1-5-3-6(2)8(15(9,13)14)7(4-5)10(11)12;1-4-7(5-2)6-3;2-1-3;1-2/h6-12,14,19,23H,13H2,1-5H3;6-12,14,20,24H,13,23H2,1-5H3;4-8,10,13H,9,15H2,1-3H3;3-6,8,10H,7H2,1-2H3;2-6,10H,1H3;3-4H,1-2H3;4-6H2,1-3H3;1H2;2H,1H3/t19-;20-;13-;10-,12?;;;;;/m1111...../s1. The van der Waals surface area contributed by atoms with Crippen LogP contribution in [0.25, 0.3) is 43.6 Å². The van der Waals surface area contributed by atoms with Crippen LogP contribution in [0, 0.1) is 123 Å². The first kappa shape index (κ1) is 110. The molecule has 0 amide bonds. The number of nitro benzene ring substituents is 3. The van der Waals surface area contributed by atoms with E-state index in [1.807, 2.05) is 121 Å². The molecule has 12 aromatic rings. The Bertz CT molecular complexity index is 6240. The van der Waals surface area contributed by atoms with Crippen LogP contribution in [0.1, 0.15) is 132 Å². The summed E-state index contributed by atoms with van der Waals surface area (Å²) >= 11 is 9.53. The maximum absolute atomic E-state index is 13.2. The van der Waals surface area contributed by atoms with Crippen LogP contribution in [-0.4, -0.2) is 144 Å². The third-order valence-electron chi connectivity index (χ3n) is 21.8. The van der Waals surface area contributed by atoms with Crippen LogP contribution < -0.4 is 20.9 Å². The maximum Gasteiger partial charge on any atom is 0.289 e. The number of aryl methyl sites for hydroxylation is 10. The molecule has 5 heterocycles. The summed E-state index contributed by atoms with van der Waals surface area (Å²) in [5.74, 6) is 0.818. The second-order valence-corrected chi connectivity index (χ2v) is 41.4. The van der Waals surface area contributed by atoms with E-state index in [4.69, 9.17) is 50.5 Å². The number of aliphatic hydroxyl groups excluding tert-OH is 1. The third kappa shape index (κ3) is 30.2. The Kier molecular flexibility index (Phi) is 42.2. The lowest BCUT2D eigenvalue weighted by Gasteiger charge is -2.24. The highest BCUT2D eigenvalue weighted by atomic mass is 35.7. The van der Waals surface area contributed by atoms with E-state index >= 15 is 0 Å². The summed E-state index contributed by atoms with van der Waals surface area (Å²) in [4.78, 5) is 35.8. The highest BCUT2D eigenvalue weighted by molar-refractivity contribution is 8.14. The molecule has 0 aliphatic carbocycles. The van der Waals surface area contributed by atoms with Crippen LogP contribution >= 0.6 is 33.9 Å². The van der Waals surface area contributed by atoms with Crippen LogP contribution in [0.4, 0.5) is 22.7 Å².